The van der Waals surface area contributed by atoms with Gasteiger partial charge in [0.1, 0.15) is 11.9 Å². The largest absolute Gasteiger partial charge is 0.497 e. The van der Waals surface area contributed by atoms with Gasteiger partial charge >= 0.3 is 0 Å². The first-order chi connectivity index (χ1) is 14.8. The summed E-state index contributed by atoms with van der Waals surface area (Å²) >= 11 is 0. The summed E-state index contributed by atoms with van der Waals surface area (Å²) in [5.41, 5.74) is 2.88. The fourth-order valence-electron chi connectivity index (χ4n) is 3.54. The van der Waals surface area contributed by atoms with E-state index in [4.69, 9.17) is 14.3 Å². The van der Waals surface area contributed by atoms with Crippen molar-refractivity contribution in [1.82, 2.24) is 4.90 Å². The van der Waals surface area contributed by atoms with Gasteiger partial charge in [-0.3, -0.25) is 4.90 Å². The molecule has 0 saturated carbocycles. The summed E-state index contributed by atoms with van der Waals surface area (Å²) in [6, 6.07) is 18.1. The Morgan fingerprint density at radius 2 is 1.94 bits per heavy atom. The van der Waals surface area contributed by atoms with Crippen molar-refractivity contribution in [2.75, 3.05) is 26.8 Å². The van der Waals surface area contributed by atoms with Crippen molar-refractivity contribution in [1.29, 1.82) is 0 Å². The number of aliphatic hydroxyl groups excluding tert-OH is 1. The Balaban J connectivity index is 1.63. The monoisotopic (exact) mass is 426 g/mol. The van der Waals surface area contributed by atoms with Gasteiger partial charge in [-0.25, -0.2) is 0 Å². The molecule has 0 saturated heterocycles. The number of benzene rings is 2. The number of nitrogens with zero attached hydrogens (tertiary/aromatic N) is 2. The molecular formula is C25H34N2O4. The number of rotatable bonds is 10. The first-order valence-corrected chi connectivity index (χ1v) is 10.8. The van der Waals surface area contributed by atoms with Gasteiger partial charge in [0.15, 0.2) is 0 Å². The van der Waals surface area contributed by atoms with Gasteiger partial charge in [-0.05, 0) is 44.0 Å². The van der Waals surface area contributed by atoms with Crippen molar-refractivity contribution in [3.8, 4) is 5.75 Å². The van der Waals surface area contributed by atoms with Crippen molar-refractivity contribution >= 4 is 5.71 Å². The van der Waals surface area contributed by atoms with E-state index in [1.807, 2.05) is 69.3 Å². The van der Waals surface area contributed by atoms with Crippen LogP contribution in [-0.2, 0) is 16.1 Å². The number of methoxy groups -OCH3 is 1. The van der Waals surface area contributed by atoms with E-state index < -0.39 is 6.10 Å². The molecule has 0 radical (unpaired) electrons. The molecule has 1 aliphatic heterocycles. The number of hydrogen-bond donors (Lipinski definition) is 1. The second-order valence-corrected chi connectivity index (χ2v) is 8.96. The first-order valence-electron chi connectivity index (χ1n) is 10.8. The molecular weight excluding hydrogens is 392 g/mol. The van der Waals surface area contributed by atoms with E-state index in [-0.39, 0.29) is 18.3 Å². The fourth-order valence-corrected chi connectivity index (χ4v) is 3.54. The van der Waals surface area contributed by atoms with Gasteiger partial charge < -0.3 is 19.4 Å². The molecule has 0 aliphatic carbocycles. The molecule has 31 heavy (non-hydrogen) atoms. The third kappa shape index (κ3) is 7.65. The van der Waals surface area contributed by atoms with Gasteiger partial charge in [0.25, 0.3) is 0 Å². The highest BCUT2D eigenvalue weighted by atomic mass is 16.6. The van der Waals surface area contributed by atoms with Gasteiger partial charge in [0.2, 0.25) is 0 Å². The van der Waals surface area contributed by atoms with Crippen LogP contribution in [0, 0.1) is 0 Å². The smallest absolute Gasteiger partial charge is 0.145 e. The number of hydrogen-bond acceptors (Lipinski definition) is 6. The van der Waals surface area contributed by atoms with Crippen molar-refractivity contribution < 1.29 is 19.4 Å². The van der Waals surface area contributed by atoms with Crippen LogP contribution in [-0.4, -0.2) is 60.3 Å². The molecule has 2 atom stereocenters. The maximum atomic E-state index is 10.6. The van der Waals surface area contributed by atoms with E-state index in [1.165, 1.54) is 0 Å². The van der Waals surface area contributed by atoms with Crippen LogP contribution in [0.15, 0.2) is 59.8 Å². The lowest BCUT2D eigenvalue weighted by molar-refractivity contribution is -0.0600. The van der Waals surface area contributed by atoms with Gasteiger partial charge in [-0.15, -0.1) is 0 Å². The average Bonchev–Trinajstić information content (AvgIpc) is 3.21. The molecule has 2 aromatic carbocycles. The second kappa shape index (κ2) is 10.8. The van der Waals surface area contributed by atoms with Crippen LogP contribution in [0.2, 0.25) is 0 Å². The third-order valence-corrected chi connectivity index (χ3v) is 5.02. The van der Waals surface area contributed by atoms with Crippen molar-refractivity contribution in [3.05, 3.63) is 65.7 Å². The highest BCUT2D eigenvalue weighted by molar-refractivity contribution is 6.01. The molecule has 1 aliphatic rings. The number of aliphatic hydroxyl groups is 1. The van der Waals surface area contributed by atoms with E-state index >= 15 is 0 Å². The van der Waals surface area contributed by atoms with E-state index in [0.29, 0.717) is 19.6 Å². The van der Waals surface area contributed by atoms with Crippen LogP contribution in [0.4, 0.5) is 0 Å². The lowest BCUT2D eigenvalue weighted by Gasteiger charge is -2.28. The Labute approximate surface area is 185 Å². The minimum absolute atomic E-state index is 0.0588. The molecule has 0 amide bonds. The predicted octanol–water partition coefficient (Wildman–Crippen LogP) is 3.87. The van der Waals surface area contributed by atoms with Crippen LogP contribution in [0.25, 0.3) is 0 Å². The molecule has 2 aromatic rings. The third-order valence-electron chi connectivity index (χ3n) is 5.02. The zero-order chi connectivity index (χ0) is 22.3. The summed E-state index contributed by atoms with van der Waals surface area (Å²) in [6.45, 7) is 8.06. The topological polar surface area (TPSA) is 63.5 Å². The van der Waals surface area contributed by atoms with E-state index in [9.17, 15) is 5.11 Å². The minimum atomic E-state index is -0.597. The van der Waals surface area contributed by atoms with E-state index in [0.717, 1.165) is 29.0 Å². The zero-order valence-electron chi connectivity index (χ0n) is 19.0. The van der Waals surface area contributed by atoms with Crippen LogP contribution >= 0.6 is 0 Å². The zero-order valence-corrected chi connectivity index (χ0v) is 19.0. The molecule has 6 heteroatoms. The SMILES string of the molecule is COc1cccc(CN(CC(O)COC(C)(C)C)CC2CC(c3ccccc3)=NO2)c1. The van der Waals surface area contributed by atoms with Crippen molar-refractivity contribution in [2.45, 2.75) is 51.5 Å². The summed E-state index contributed by atoms with van der Waals surface area (Å²) in [6.07, 6.45) is 0.0880. The Kier molecular flexibility index (Phi) is 8.07. The highest BCUT2D eigenvalue weighted by Gasteiger charge is 2.26. The van der Waals surface area contributed by atoms with Gasteiger partial charge in [-0.2, -0.15) is 0 Å². The van der Waals surface area contributed by atoms with Crippen LogP contribution in [0.1, 0.15) is 38.3 Å². The molecule has 0 spiro atoms. The number of ether oxygens (including phenoxy) is 2. The molecule has 1 N–H and O–H groups in total. The van der Waals surface area contributed by atoms with E-state index in [2.05, 4.69) is 16.1 Å². The molecule has 168 valence electrons. The highest BCUT2D eigenvalue weighted by Crippen LogP contribution is 2.20. The fraction of sp³-hybridized carbons (Fsp3) is 0.480. The molecule has 0 aromatic heterocycles. The quantitative estimate of drug-likeness (QED) is 0.625. The maximum Gasteiger partial charge on any atom is 0.145 e. The van der Waals surface area contributed by atoms with Crippen molar-refractivity contribution in [2.24, 2.45) is 5.16 Å². The summed E-state index contributed by atoms with van der Waals surface area (Å²) in [7, 11) is 1.67. The molecule has 3 rings (SSSR count). The first kappa shape index (κ1) is 23.3. The maximum absolute atomic E-state index is 10.6. The Morgan fingerprint density at radius 1 is 1.16 bits per heavy atom. The van der Waals surface area contributed by atoms with Gasteiger partial charge in [-0.1, -0.05) is 47.6 Å². The normalized spacial score (nSPS) is 17.4. The number of oxime groups is 1. The molecule has 0 fully saturated rings. The van der Waals surface area contributed by atoms with Crippen LogP contribution in [0.3, 0.4) is 0 Å². The van der Waals surface area contributed by atoms with Crippen molar-refractivity contribution in [3.63, 3.8) is 0 Å². The summed E-state index contributed by atoms with van der Waals surface area (Å²) < 4.78 is 11.1. The Bertz CT molecular complexity index is 848. The van der Waals surface area contributed by atoms with Gasteiger partial charge in [0.05, 0.1) is 31.1 Å². The van der Waals surface area contributed by atoms with Gasteiger partial charge in [0, 0.05) is 26.1 Å². The summed E-state index contributed by atoms with van der Waals surface area (Å²) in [4.78, 5) is 7.93. The molecule has 2 unspecified atom stereocenters. The molecule has 1 heterocycles. The average molecular weight is 427 g/mol. The minimum Gasteiger partial charge on any atom is -0.497 e. The Hall–Kier alpha value is -2.41. The summed E-state index contributed by atoms with van der Waals surface area (Å²) in [5.74, 6) is 0.820. The Morgan fingerprint density at radius 3 is 2.65 bits per heavy atom. The standard InChI is InChI=1S/C25H34N2O4/c1-25(2,3)30-18-21(28)16-27(15-19-9-8-12-22(13-19)29-4)17-23-14-24(26-31-23)20-10-6-5-7-11-20/h5-13,21,23,28H,14-18H2,1-4H3. The van der Waals surface area contributed by atoms with Crippen LogP contribution < -0.4 is 4.74 Å². The summed E-state index contributed by atoms with van der Waals surface area (Å²) in [5, 5.41) is 14.9. The molecule has 6 nitrogen and oxygen atoms in total. The second-order valence-electron chi connectivity index (χ2n) is 8.96. The lowest BCUT2D eigenvalue weighted by Crippen LogP contribution is -2.40. The van der Waals surface area contributed by atoms with Crippen LogP contribution in [0.5, 0.6) is 5.75 Å². The lowest BCUT2D eigenvalue weighted by atomic mass is 10.0. The predicted molar refractivity (Wildman–Crippen MR) is 122 cm³/mol. The molecule has 0 bridgehead atoms. The van der Waals surface area contributed by atoms with E-state index in [1.54, 1.807) is 7.11 Å².